The van der Waals surface area contributed by atoms with E-state index in [9.17, 15) is 4.79 Å². The van der Waals surface area contributed by atoms with Crippen LogP contribution in [0.3, 0.4) is 0 Å². The number of carboxylic acid groups (broad SMARTS) is 1. The Morgan fingerprint density at radius 2 is 2.50 bits per heavy atom. The second-order valence-electron chi connectivity index (χ2n) is 2.88. The average Bonchev–Trinajstić information content (AvgIpc) is 2.64. The van der Waals surface area contributed by atoms with Crippen LogP contribution >= 0.6 is 0 Å². The van der Waals surface area contributed by atoms with Crippen molar-refractivity contribution >= 4 is 11.9 Å². The Bertz CT molecular complexity index is 273. The van der Waals surface area contributed by atoms with E-state index in [2.05, 4.69) is 20.6 Å². The summed E-state index contributed by atoms with van der Waals surface area (Å²) < 4.78 is 0. The summed E-state index contributed by atoms with van der Waals surface area (Å²) in [6.45, 7) is 2.81. The van der Waals surface area contributed by atoms with Gasteiger partial charge in [-0.25, -0.2) is 4.98 Å². The van der Waals surface area contributed by atoms with E-state index in [1.165, 1.54) is 0 Å². The molecule has 0 aliphatic heterocycles. The Hall–Kier alpha value is -1.56. The smallest absolute Gasteiger partial charge is 0.320 e. The summed E-state index contributed by atoms with van der Waals surface area (Å²) in [7, 11) is 0. The number of carboxylic acids is 1. The second-order valence-corrected chi connectivity index (χ2v) is 2.88. The number of hydrogen-bond acceptors (Lipinski definition) is 4. The number of H-pyrrole nitrogens is 1. The van der Waals surface area contributed by atoms with E-state index in [1.54, 1.807) is 19.3 Å². The van der Waals surface area contributed by atoms with Gasteiger partial charge in [0.05, 0.1) is 0 Å². The van der Waals surface area contributed by atoms with Gasteiger partial charge in [0.15, 0.2) is 5.95 Å². The molecule has 6 heteroatoms. The summed E-state index contributed by atoms with van der Waals surface area (Å²) in [6, 6.07) is -0.520. The van der Waals surface area contributed by atoms with Crippen LogP contribution in [0.5, 0.6) is 0 Å². The Labute approximate surface area is 81.7 Å². The Morgan fingerprint density at radius 3 is 3.07 bits per heavy atom. The molecule has 0 unspecified atom stereocenters. The van der Waals surface area contributed by atoms with Crippen LogP contribution in [0.25, 0.3) is 0 Å². The number of aromatic nitrogens is 2. The topological polar surface area (TPSA) is 90.0 Å². The molecule has 14 heavy (non-hydrogen) atoms. The summed E-state index contributed by atoms with van der Waals surface area (Å²) >= 11 is 0. The van der Waals surface area contributed by atoms with Gasteiger partial charge in [-0.1, -0.05) is 0 Å². The first-order valence-electron chi connectivity index (χ1n) is 4.39. The van der Waals surface area contributed by atoms with Crippen molar-refractivity contribution < 1.29 is 9.90 Å². The normalized spacial score (nSPS) is 12.4. The zero-order valence-corrected chi connectivity index (χ0v) is 7.95. The van der Waals surface area contributed by atoms with E-state index < -0.39 is 12.0 Å². The van der Waals surface area contributed by atoms with Crippen LogP contribution in [0.2, 0.25) is 0 Å². The van der Waals surface area contributed by atoms with Gasteiger partial charge in [0.25, 0.3) is 0 Å². The number of nitrogens with one attached hydrogen (secondary N) is 3. The van der Waals surface area contributed by atoms with E-state index in [1.807, 2.05) is 0 Å². The fraction of sp³-hybridized carbons (Fsp3) is 0.500. The summed E-state index contributed by atoms with van der Waals surface area (Å²) in [4.78, 5) is 17.3. The zero-order chi connectivity index (χ0) is 10.4. The highest BCUT2D eigenvalue weighted by Gasteiger charge is 2.07. The maximum atomic E-state index is 10.4. The molecule has 0 bridgehead atoms. The lowest BCUT2D eigenvalue weighted by Gasteiger charge is -2.08. The molecule has 4 N–H and O–H groups in total. The van der Waals surface area contributed by atoms with Crippen LogP contribution in [0.15, 0.2) is 12.4 Å². The molecule has 1 rings (SSSR count). The Morgan fingerprint density at radius 1 is 1.71 bits per heavy atom. The van der Waals surface area contributed by atoms with Gasteiger partial charge in [0.2, 0.25) is 0 Å². The van der Waals surface area contributed by atoms with Gasteiger partial charge in [-0.3, -0.25) is 4.79 Å². The van der Waals surface area contributed by atoms with E-state index in [4.69, 9.17) is 5.11 Å². The largest absolute Gasteiger partial charge is 0.480 e. The molecule has 0 radical (unpaired) electrons. The van der Waals surface area contributed by atoms with Gasteiger partial charge < -0.3 is 20.7 Å². The number of imidazole rings is 1. The summed E-state index contributed by atoms with van der Waals surface area (Å²) in [6.07, 6.45) is 3.37. The standard InChI is InChI=1S/C8H14N4O2/c1-6(7(13)14)9-2-3-10-8-11-4-5-12-8/h4-6,9H,2-3H2,1H3,(H,13,14)(H2,10,11,12)/t6-/m0/s1. The highest BCUT2D eigenvalue weighted by atomic mass is 16.4. The molecule has 0 aliphatic rings. The number of rotatable bonds is 6. The fourth-order valence-corrected chi connectivity index (χ4v) is 0.919. The van der Waals surface area contributed by atoms with E-state index in [0.717, 1.165) is 0 Å². The molecule has 0 fully saturated rings. The lowest BCUT2D eigenvalue weighted by molar-refractivity contribution is -0.138. The van der Waals surface area contributed by atoms with E-state index in [0.29, 0.717) is 19.0 Å². The number of hydrogen-bond donors (Lipinski definition) is 4. The van der Waals surface area contributed by atoms with Crippen LogP contribution in [0.4, 0.5) is 5.95 Å². The monoisotopic (exact) mass is 198 g/mol. The minimum absolute atomic E-state index is 0.520. The SMILES string of the molecule is C[C@H](NCCNc1ncc[nH]1)C(=O)O. The number of aromatic amines is 1. The molecule has 0 amide bonds. The van der Waals surface area contributed by atoms with Crippen LogP contribution in [0.1, 0.15) is 6.92 Å². The van der Waals surface area contributed by atoms with E-state index in [-0.39, 0.29) is 0 Å². The Balaban J connectivity index is 2.08. The van der Waals surface area contributed by atoms with Gasteiger partial charge in [-0.05, 0) is 6.92 Å². The van der Waals surface area contributed by atoms with Crippen molar-refractivity contribution in [3.63, 3.8) is 0 Å². The highest BCUT2D eigenvalue weighted by molar-refractivity contribution is 5.72. The minimum atomic E-state index is -0.844. The lowest BCUT2D eigenvalue weighted by atomic mass is 10.3. The first-order chi connectivity index (χ1) is 6.70. The number of anilines is 1. The first-order valence-corrected chi connectivity index (χ1v) is 4.39. The number of carbonyl (C=O) groups is 1. The molecule has 0 aromatic carbocycles. The van der Waals surface area contributed by atoms with Crippen molar-refractivity contribution in [1.82, 2.24) is 15.3 Å². The molecule has 0 saturated carbocycles. The second kappa shape index (κ2) is 5.23. The molecule has 6 nitrogen and oxygen atoms in total. The molecule has 1 aromatic heterocycles. The van der Waals surface area contributed by atoms with Gasteiger partial charge in [0.1, 0.15) is 6.04 Å². The first kappa shape index (κ1) is 10.5. The van der Waals surface area contributed by atoms with Gasteiger partial charge in [-0.2, -0.15) is 0 Å². The third-order valence-corrected chi connectivity index (χ3v) is 1.74. The number of aliphatic carboxylic acids is 1. The van der Waals surface area contributed by atoms with Crippen molar-refractivity contribution in [1.29, 1.82) is 0 Å². The molecule has 0 spiro atoms. The predicted molar refractivity (Wildman–Crippen MR) is 52.2 cm³/mol. The molecule has 0 aliphatic carbocycles. The highest BCUT2D eigenvalue weighted by Crippen LogP contribution is 1.92. The molecular formula is C8H14N4O2. The molecule has 78 valence electrons. The van der Waals surface area contributed by atoms with Crippen molar-refractivity contribution in [3.8, 4) is 0 Å². The third kappa shape index (κ3) is 3.44. The summed E-state index contributed by atoms with van der Waals surface area (Å²) in [5, 5.41) is 14.4. The number of nitrogens with zero attached hydrogens (tertiary/aromatic N) is 1. The quantitative estimate of drug-likeness (QED) is 0.479. The lowest BCUT2D eigenvalue weighted by Crippen LogP contribution is -2.36. The van der Waals surface area contributed by atoms with Crippen molar-refractivity contribution in [2.24, 2.45) is 0 Å². The molecular weight excluding hydrogens is 184 g/mol. The predicted octanol–water partition coefficient (Wildman–Crippen LogP) is -0.116. The summed E-state index contributed by atoms with van der Waals surface area (Å²) in [5.41, 5.74) is 0. The average molecular weight is 198 g/mol. The zero-order valence-electron chi connectivity index (χ0n) is 7.95. The molecule has 1 atom stereocenters. The van der Waals surface area contributed by atoms with Crippen molar-refractivity contribution in [2.75, 3.05) is 18.4 Å². The van der Waals surface area contributed by atoms with Crippen molar-refractivity contribution in [3.05, 3.63) is 12.4 Å². The molecule has 0 saturated heterocycles. The van der Waals surface area contributed by atoms with Crippen molar-refractivity contribution in [2.45, 2.75) is 13.0 Å². The van der Waals surface area contributed by atoms with Gasteiger partial charge in [-0.15, -0.1) is 0 Å². The maximum absolute atomic E-state index is 10.4. The van der Waals surface area contributed by atoms with Gasteiger partial charge >= 0.3 is 5.97 Å². The molecule has 1 heterocycles. The minimum Gasteiger partial charge on any atom is -0.480 e. The Kier molecular flexibility index (Phi) is 3.93. The fourth-order valence-electron chi connectivity index (χ4n) is 0.919. The van der Waals surface area contributed by atoms with E-state index >= 15 is 0 Å². The third-order valence-electron chi connectivity index (χ3n) is 1.74. The van der Waals surface area contributed by atoms with Gasteiger partial charge in [0, 0.05) is 25.5 Å². The van der Waals surface area contributed by atoms with Crippen LogP contribution < -0.4 is 10.6 Å². The maximum Gasteiger partial charge on any atom is 0.320 e. The molecule has 1 aromatic rings. The van der Waals surface area contributed by atoms with Crippen LogP contribution in [-0.4, -0.2) is 40.2 Å². The summed E-state index contributed by atoms with van der Waals surface area (Å²) in [5.74, 6) is -0.155. The van der Waals surface area contributed by atoms with Crippen LogP contribution in [0, 0.1) is 0 Å². The van der Waals surface area contributed by atoms with Crippen LogP contribution in [-0.2, 0) is 4.79 Å².